The van der Waals surface area contributed by atoms with E-state index in [9.17, 15) is 4.79 Å². The van der Waals surface area contributed by atoms with Gasteiger partial charge in [0.05, 0.1) is 0 Å². The van der Waals surface area contributed by atoms with Crippen LogP contribution in [0.1, 0.15) is 37.7 Å². The number of aromatic amines is 1. The van der Waals surface area contributed by atoms with Crippen LogP contribution in [0.2, 0.25) is 0 Å². The Bertz CT molecular complexity index is 923. The second-order valence-electron chi connectivity index (χ2n) is 7.06. The second-order valence-corrected chi connectivity index (χ2v) is 7.06. The van der Waals surface area contributed by atoms with Crippen molar-refractivity contribution in [1.29, 1.82) is 0 Å². The molecule has 6 nitrogen and oxygen atoms in total. The van der Waals surface area contributed by atoms with Crippen LogP contribution in [-0.4, -0.2) is 39.5 Å². The fourth-order valence-corrected chi connectivity index (χ4v) is 3.19. The molecule has 0 unspecified atom stereocenters. The fraction of sp³-hybridized carbons (Fsp3) is 0.450. The number of fused-ring (bicyclic) bond motifs is 1. The molecule has 3 aromatic rings. The molecule has 0 saturated heterocycles. The molecule has 26 heavy (non-hydrogen) atoms. The molecule has 1 amide bonds. The maximum Gasteiger partial charge on any atom is 0.274 e. The largest absolute Gasteiger partial charge is 0.350 e. The third-order valence-electron chi connectivity index (χ3n) is 4.64. The molecule has 0 aliphatic rings. The molecule has 0 bridgehead atoms. The third kappa shape index (κ3) is 3.49. The van der Waals surface area contributed by atoms with E-state index in [4.69, 9.17) is 4.52 Å². The summed E-state index contributed by atoms with van der Waals surface area (Å²) in [5.74, 6) is 1.22. The van der Waals surface area contributed by atoms with Gasteiger partial charge in [0.1, 0.15) is 5.69 Å². The number of nitrogens with one attached hydrogen (secondary N) is 1. The second kappa shape index (κ2) is 7.32. The van der Waals surface area contributed by atoms with Crippen molar-refractivity contribution in [2.75, 3.05) is 13.6 Å². The molecular weight excluding hydrogens is 328 g/mol. The summed E-state index contributed by atoms with van der Waals surface area (Å²) in [7, 11) is 1.80. The molecule has 1 aromatic carbocycles. The van der Waals surface area contributed by atoms with Crippen LogP contribution in [-0.2, 0) is 17.6 Å². The number of aromatic nitrogens is 3. The van der Waals surface area contributed by atoms with E-state index in [1.165, 1.54) is 16.5 Å². The summed E-state index contributed by atoms with van der Waals surface area (Å²) in [6.07, 6.45) is 1.45. The SMILES string of the molecule is CCc1c(-c2nc(CCN(C)C(=O)C(C)C)no2)[nH]c2ccc(C)cc12. The third-order valence-corrected chi connectivity index (χ3v) is 4.64. The number of nitrogens with zero attached hydrogens (tertiary/aromatic N) is 3. The van der Waals surface area contributed by atoms with Gasteiger partial charge in [-0.25, -0.2) is 0 Å². The molecule has 0 aliphatic heterocycles. The Morgan fingerprint density at radius 1 is 1.35 bits per heavy atom. The number of rotatable bonds is 6. The predicted octanol–water partition coefficient (Wildman–Crippen LogP) is 3.75. The number of aryl methyl sites for hydroxylation is 2. The number of H-pyrrole nitrogens is 1. The molecule has 0 radical (unpaired) electrons. The van der Waals surface area contributed by atoms with Crippen molar-refractivity contribution in [3.05, 3.63) is 35.2 Å². The Balaban J connectivity index is 1.82. The van der Waals surface area contributed by atoms with Crippen LogP contribution < -0.4 is 0 Å². The molecule has 0 saturated carbocycles. The normalized spacial score (nSPS) is 11.5. The lowest BCUT2D eigenvalue weighted by Crippen LogP contribution is -2.32. The fourth-order valence-electron chi connectivity index (χ4n) is 3.19. The van der Waals surface area contributed by atoms with Gasteiger partial charge >= 0.3 is 0 Å². The molecule has 0 aliphatic carbocycles. The smallest absolute Gasteiger partial charge is 0.274 e. The van der Waals surface area contributed by atoms with Crippen LogP contribution in [0.25, 0.3) is 22.5 Å². The molecular formula is C20H26N4O2. The lowest BCUT2D eigenvalue weighted by atomic mass is 10.1. The first-order valence-electron chi connectivity index (χ1n) is 9.09. The molecule has 1 N–H and O–H groups in total. The van der Waals surface area contributed by atoms with Gasteiger partial charge in [-0.05, 0) is 31.0 Å². The first-order chi connectivity index (χ1) is 12.4. The molecule has 2 heterocycles. The summed E-state index contributed by atoms with van der Waals surface area (Å²) < 4.78 is 5.50. The predicted molar refractivity (Wildman–Crippen MR) is 102 cm³/mol. The van der Waals surface area contributed by atoms with Gasteiger partial charge in [0.2, 0.25) is 5.91 Å². The summed E-state index contributed by atoms with van der Waals surface area (Å²) in [4.78, 5) is 21.6. The number of amides is 1. The number of hydrogen-bond acceptors (Lipinski definition) is 4. The minimum absolute atomic E-state index is 0.0113. The Morgan fingerprint density at radius 2 is 2.12 bits per heavy atom. The quantitative estimate of drug-likeness (QED) is 0.731. The number of likely N-dealkylation sites (N-methyl/N-ethyl adjacent to an activating group) is 1. The van der Waals surface area contributed by atoms with Crippen LogP contribution in [0.5, 0.6) is 0 Å². The van der Waals surface area contributed by atoms with Gasteiger partial charge < -0.3 is 14.4 Å². The highest BCUT2D eigenvalue weighted by molar-refractivity contribution is 5.90. The zero-order valence-electron chi connectivity index (χ0n) is 16.1. The molecule has 0 spiro atoms. The van der Waals surface area contributed by atoms with E-state index >= 15 is 0 Å². The average Bonchev–Trinajstić information content (AvgIpc) is 3.22. The minimum atomic E-state index is -0.0113. The van der Waals surface area contributed by atoms with E-state index in [2.05, 4.69) is 47.2 Å². The Hall–Kier alpha value is -2.63. The lowest BCUT2D eigenvalue weighted by molar-refractivity contribution is -0.133. The van der Waals surface area contributed by atoms with Gasteiger partial charge in [0, 0.05) is 36.8 Å². The van der Waals surface area contributed by atoms with Gasteiger partial charge in [0.15, 0.2) is 5.82 Å². The van der Waals surface area contributed by atoms with Crippen molar-refractivity contribution in [2.24, 2.45) is 5.92 Å². The first kappa shape index (κ1) is 18.2. The Morgan fingerprint density at radius 3 is 2.81 bits per heavy atom. The van der Waals surface area contributed by atoms with Crippen LogP contribution in [0, 0.1) is 12.8 Å². The van der Waals surface area contributed by atoms with E-state index in [0.717, 1.165) is 17.6 Å². The van der Waals surface area contributed by atoms with Crippen molar-refractivity contribution in [3.63, 3.8) is 0 Å². The average molecular weight is 354 g/mol. The molecule has 138 valence electrons. The molecule has 2 aromatic heterocycles. The van der Waals surface area contributed by atoms with Crippen LogP contribution >= 0.6 is 0 Å². The highest BCUT2D eigenvalue weighted by Crippen LogP contribution is 2.30. The van der Waals surface area contributed by atoms with Crippen LogP contribution in [0.3, 0.4) is 0 Å². The first-order valence-corrected chi connectivity index (χ1v) is 9.09. The van der Waals surface area contributed by atoms with E-state index < -0.39 is 0 Å². The lowest BCUT2D eigenvalue weighted by Gasteiger charge is -2.18. The molecule has 6 heteroatoms. The van der Waals surface area contributed by atoms with Crippen LogP contribution in [0.4, 0.5) is 0 Å². The maximum atomic E-state index is 12.0. The van der Waals surface area contributed by atoms with E-state index in [1.807, 2.05) is 13.8 Å². The van der Waals surface area contributed by atoms with Gasteiger partial charge in [-0.15, -0.1) is 0 Å². The summed E-state index contributed by atoms with van der Waals surface area (Å²) in [6.45, 7) is 8.58. The maximum absolute atomic E-state index is 12.0. The Kier molecular flexibility index (Phi) is 5.11. The van der Waals surface area contributed by atoms with E-state index in [0.29, 0.717) is 24.7 Å². The van der Waals surface area contributed by atoms with Crippen molar-refractivity contribution in [2.45, 2.75) is 40.5 Å². The summed E-state index contributed by atoms with van der Waals surface area (Å²) in [5, 5.41) is 5.29. The molecule has 0 fully saturated rings. The standard InChI is InChI=1S/C20H26N4O2/c1-6-14-15-11-13(4)7-8-16(15)21-18(14)19-22-17(23-26-19)9-10-24(5)20(25)12(2)3/h7-8,11-12,21H,6,9-10H2,1-5H3. The summed E-state index contributed by atoms with van der Waals surface area (Å²) >= 11 is 0. The van der Waals surface area contributed by atoms with Crippen molar-refractivity contribution in [3.8, 4) is 11.6 Å². The zero-order valence-corrected chi connectivity index (χ0v) is 16.1. The van der Waals surface area contributed by atoms with E-state index in [1.54, 1.807) is 11.9 Å². The van der Waals surface area contributed by atoms with Gasteiger partial charge in [-0.3, -0.25) is 4.79 Å². The number of carbonyl (C=O) groups is 1. The van der Waals surface area contributed by atoms with Crippen molar-refractivity contribution >= 4 is 16.8 Å². The highest BCUT2D eigenvalue weighted by atomic mass is 16.5. The van der Waals surface area contributed by atoms with E-state index in [-0.39, 0.29) is 11.8 Å². The van der Waals surface area contributed by atoms with Gasteiger partial charge in [0.25, 0.3) is 5.89 Å². The minimum Gasteiger partial charge on any atom is -0.350 e. The van der Waals surface area contributed by atoms with Crippen molar-refractivity contribution < 1.29 is 9.32 Å². The zero-order chi connectivity index (χ0) is 18.8. The highest BCUT2D eigenvalue weighted by Gasteiger charge is 2.18. The summed E-state index contributed by atoms with van der Waals surface area (Å²) in [6, 6.07) is 6.35. The Labute approximate surface area is 153 Å². The van der Waals surface area contributed by atoms with Gasteiger partial charge in [-0.1, -0.05) is 37.6 Å². The summed E-state index contributed by atoms with van der Waals surface area (Å²) in [5.41, 5.74) is 4.37. The monoisotopic (exact) mass is 354 g/mol. The van der Waals surface area contributed by atoms with Crippen molar-refractivity contribution in [1.82, 2.24) is 20.0 Å². The molecule has 0 atom stereocenters. The molecule has 3 rings (SSSR count). The number of hydrogen-bond donors (Lipinski definition) is 1. The topological polar surface area (TPSA) is 75.0 Å². The van der Waals surface area contributed by atoms with Gasteiger partial charge in [-0.2, -0.15) is 4.98 Å². The number of carbonyl (C=O) groups excluding carboxylic acids is 1. The van der Waals surface area contributed by atoms with Crippen LogP contribution in [0.15, 0.2) is 22.7 Å². The number of benzene rings is 1.